The summed E-state index contributed by atoms with van der Waals surface area (Å²) in [5.74, 6) is 2.71. The van der Waals surface area contributed by atoms with E-state index in [4.69, 9.17) is 19.0 Å². The van der Waals surface area contributed by atoms with Gasteiger partial charge in [0.1, 0.15) is 11.9 Å². The number of benzene rings is 4. The zero-order chi connectivity index (χ0) is 41.5. The largest absolute Gasteiger partial charge is 0.497 e. The Balaban J connectivity index is 0.862. The third-order valence-corrected chi connectivity index (χ3v) is 13.9. The molecule has 0 bridgehead atoms. The zero-order valence-electron chi connectivity index (χ0n) is 35.0. The molecule has 314 valence electrons. The van der Waals surface area contributed by atoms with Crippen molar-refractivity contribution in [3.8, 4) is 5.75 Å². The van der Waals surface area contributed by atoms with Crippen molar-refractivity contribution in [3.05, 3.63) is 166 Å². The van der Waals surface area contributed by atoms with Crippen LogP contribution in [0.25, 0.3) is 0 Å². The summed E-state index contributed by atoms with van der Waals surface area (Å²) in [7, 11) is -1.85. The van der Waals surface area contributed by atoms with Crippen molar-refractivity contribution < 1.29 is 22.4 Å². The molecule has 2 fully saturated rings. The van der Waals surface area contributed by atoms with Gasteiger partial charge < -0.3 is 19.3 Å². The SMILES string of the molecule is COc1ccc(CNCCOC(C2=CC=C(C)C(C)C2)c2cccc(Cc3ccc(C4(c5noc(CN6CCC(NS(=O)(=O)c7ccccc7)CC6)n5)CC4)cc3)c2)cc1. The van der Waals surface area contributed by atoms with Crippen molar-refractivity contribution >= 4 is 10.0 Å². The number of methoxy groups -OCH3 is 1. The first-order chi connectivity index (χ1) is 29.2. The van der Waals surface area contributed by atoms with Gasteiger partial charge in [0, 0.05) is 32.2 Å². The molecular weight excluding hydrogens is 771 g/mol. The first-order valence-corrected chi connectivity index (χ1v) is 22.8. The lowest BCUT2D eigenvalue weighted by atomic mass is 9.85. The van der Waals surface area contributed by atoms with Crippen LogP contribution in [0.15, 0.2) is 136 Å². The van der Waals surface area contributed by atoms with Crippen molar-refractivity contribution in [2.24, 2.45) is 5.92 Å². The average molecular weight is 828 g/mol. The molecule has 0 spiro atoms. The van der Waals surface area contributed by atoms with Crippen LogP contribution in [-0.2, 0) is 39.7 Å². The number of hydrogen-bond donors (Lipinski definition) is 2. The first kappa shape index (κ1) is 41.8. The molecule has 8 rings (SSSR count). The fraction of sp³-hybridized carbons (Fsp3) is 0.388. The minimum atomic E-state index is -3.53. The lowest BCUT2D eigenvalue weighted by Gasteiger charge is -2.31. The molecule has 2 heterocycles. The molecule has 3 aliphatic rings. The summed E-state index contributed by atoms with van der Waals surface area (Å²) in [5.41, 5.74) is 8.63. The first-order valence-electron chi connectivity index (χ1n) is 21.3. The van der Waals surface area contributed by atoms with Crippen molar-refractivity contribution in [3.63, 3.8) is 0 Å². The van der Waals surface area contributed by atoms with Gasteiger partial charge in [-0.05, 0) is 109 Å². The second-order valence-electron chi connectivity index (χ2n) is 16.7. The second kappa shape index (κ2) is 18.8. The van der Waals surface area contributed by atoms with Crippen LogP contribution in [0.5, 0.6) is 5.75 Å². The molecule has 1 saturated carbocycles. The van der Waals surface area contributed by atoms with Gasteiger partial charge in [-0.1, -0.05) is 109 Å². The van der Waals surface area contributed by atoms with Gasteiger partial charge in [0.2, 0.25) is 15.9 Å². The molecule has 2 atom stereocenters. The number of hydrogen-bond acceptors (Lipinski definition) is 9. The Hall–Kier alpha value is -4.91. The second-order valence-corrected chi connectivity index (χ2v) is 18.4. The van der Waals surface area contributed by atoms with Gasteiger partial charge in [-0.25, -0.2) is 13.1 Å². The molecule has 2 N–H and O–H groups in total. The quantitative estimate of drug-likeness (QED) is 0.0840. The van der Waals surface area contributed by atoms with Crippen molar-refractivity contribution in [1.29, 1.82) is 0 Å². The van der Waals surface area contributed by atoms with Crippen LogP contribution in [0.2, 0.25) is 0 Å². The molecule has 1 saturated heterocycles. The van der Waals surface area contributed by atoms with Crippen molar-refractivity contribution in [2.75, 3.05) is 33.4 Å². The Bertz CT molecular complexity index is 2360. The van der Waals surface area contributed by atoms with E-state index < -0.39 is 10.0 Å². The van der Waals surface area contributed by atoms with Crippen molar-refractivity contribution in [1.82, 2.24) is 25.1 Å². The summed E-state index contributed by atoms with van der Waals surface area (Å²) in [6.07, 6.45) is 9.64. The van der Waals surface area contributed by atoms with Crippen LogP contribution in [0.3, 0.4) is 0 Å². The van der Waals surface area contributed by atoms with Crippen LogP contribution in [0, 0.1) is 5.92 Å². The smallest absolute Gasteiger partial charge is 0.240 e. The number of likely N-dealkylation sites (tertiary alicyclic amines) is 1. The van der Waals surface area contributed by atoms with E-state index in [1.165, 1.54) is 39.0 Å². The number of ether oxygens (including phenoxy) is 2. The van der Waals surface area contributed by atoms with E-state index in [9.17, 15) is 8.42 Å². The number of aromatic nitrogens is 2. The van der Waals surface area contributed by atoms with E-state index in [1.54, 1.807) is 31.4 Å². The molecule has 10 nitrogen and oxygen atoms in total. The maximum atomic E-state index is 12.8. The number of sulfonamides is 1. The summed E-state index contributed by atoms with van der Waals surface area (Å²) < 4.78 is 46.3. The lowest BCUT2D eigenvalue weighted by Crippen LogP contribution is -2.44. The standard InChI is InChI=1S/C49H57N5O5S/c1-35-12-17-41(30-36(35)2)47(58-29-26-50-33-38-15-20-44(57-3)21-16-38)40-9-7-8-39(32-40)31-37-13-18-42(19-14-37)49(24-25-49)48-51-46(59-52-48)34-54-27-22-43(23-28-54)53-60(55,56)45-10-5-4-6-11-45/h4-21,32,36,43,47,50,53H,22-31,33-34H2,1-3H3. The van der Waals surface area contributed by atoms with Crippen LogP contribution in [0.1, 0.15) is 91.6 Å². The predicted octanol–water partition coefficient (Wildman–Crippen LogP) is 8.45. The number of nitrogens with one attached hydrogen (secondary N) is 2. The fourth-order valence-electron chi connectivity index (χ4n) is 8.43. The monoisotopic (exact) mass is 827 g/mol. The Morgan fingerprint density at radius 3 is 2.37 bits per heavy atom. The number of rotatable bonds is 18. The Morgan fingerprint density at radius 1 is 0.900 bits per heavy atom. The molecule has 1 aliphatic heterocycles. The van der Waals surface area contributed by atoms with E-state index in [0.717, 1.165) is 76.3 Å². The van der Waals surface area contributed by atoms with Crippen LogP contribution < -0.4 is 14.8 Å². The van der Waals surface area contributed by atoms with Gasteiger partial charge in [0.15, 0.2) is 5.82 Å². The van der Waals surface area contributed by atoms with Crippen LogP contribution in [0.4, 0.5) is 0 Å². The fourth-order valence-corrected chi connectivity index (χ4v) is 9.76. The molecule has 1 aromatic heterocycles. The van der Waals surface area contributed by atoms with Crippen LogP contribution in [-0.4, -0.2) is 62.9 Å². The normalized spacial score (nSPS) is 18.8. The Kier molecular flexibility index (Phi) is 13.1. The number of piperidine rings is 1. The Labute approximate surface area is 355 Å². The Morgan fingerprint density at radius 2 is 1.65 bits per heavy atom. The summed E-state index contributed by atoms with van der Waals surface area (Å²) in [5, 5.41) is 8.01. The number of allylic oxidation sites excluding steroid dienone is 3. The summed E-state index contributed by atoms with van der Waals surface area (Å²) >= 11 is 0. The van der Waals surface area contributed by atoms with Gasteiger partial charge in [0.05, 0.1) is 30.6 Å². The van der Waals surface area contributed by atoms with E-state index >= 15 is 0 Å². The molecule has 0 radical (unpaired) electrons. The highest BCUT2D eigenvalue weighted by Gasteiger charge is 2.50. The highest BCUT2D eigenvalue weighted by Crippen LogP contribution is 2.52. The molecule has 0 amide bonds. The molecule has 4 aromatic carbocycles. The summed E-state index contributed by atoms with van der Waals surface area (Å²) in [4.78, 5) is 7.45. The minimum Gasteiger partial charge on any atom is -0.497 e. The molecular formula is C49H57N5O5S. The van der Waals surface area contributed by atoms with E-state index in [0.29, 0.717) is 29.9 Å². The van der Waals surface area contributed by atoms with Crippen LogP contribution >= 0.6 is 0 Å². The summed E-state index contributed by atoms with van der Waals surface area (Å²) in [6, 6.07) is 34.4. The molecule has 60 heavy (non-hydrogen) atoms. The average Bonchev–Trinajstić information content (AvgIpc) is 3.95. The predicted molar refractivity (Wildman–Crippen MR) is 234 cm³/mol. The van der Waals surface area contributed by atoms with Gasteiger partial charge >= 0.3 is 0 Å². The third kappa shape index (κ3) is 10.2. The van der Waals surface area contributed by atoms with Gasteiger partial charge in [-0.3, -0.25) is 4.90 Å². The maximum Gasteiger partial charge on any atom is 0.240 e. The van der Waals surface area contributed by atoms with Gasteiger partial charge in [-0.15, -0.1) is 0 Å². The van der Waals surface area contributed by atoms with E-state index in [1.807, 2.05) is 18.2 Å². The number of nitrogens with zero attached hydrogens (tertiary/aromatic N) is 3. The van der Waals surface area contributed by atoms with E-state index in [2.05, 4.69) is 107 Å². The highest BCUT2D eigenvalue weighted by atomic mass is 32.2. The maximum absolute atomic E-state index is 12.8. The third-order valence-electron chi connectivity index (χ3n) is 12.4. The lowest BCUT2D eigenvalue weighted by molar-refractivity contribution is 0.0755. The topological polar surface area (TPSA) is 119 Å². The molecule has 2 aliphatic carbocycles. The highest BCUT2D eigenvalue weighted by molar-refractivity contribution is 7.89. The van der Waals surface area contributed by atoms with E-state index in [-0.39, 0.29) is 17.6 Å². The minimum absolute atomic E-state index is 0.0996. The molecule has 5 aromatic rings. The summed E-state index contributed by atoms with van der Waals surface area (Å²) in [6.45, 7) is 8.69. The van der Waals surface area contributed by atoms with Gasteiger partial charge in [0.25, 0.3) is 0 Å². The molecule has 11 heteroatoms. The van der Waals surface area contributed by atoms with Gasteiger partial charge in [-0.2, -0.15) is 4.98 Å². The zero-order valence-corrected chi connectivity index (χ0v) is 35.8. The molecule has 2 unspecified atom stereocenters. The van der Waals surface area contributed by atoms with Crippen molar-refractivity contribution in [2.45, 2.75) is 87.9 Å².